The van der Waals surface area contributed by atoms with Gasteiger partial charge in [-0.2, -0.15) is 9.97 Å². The number of nitrogens with one attached hydrogen (secondary N) is 2. The van der Waals surface area contributed by atoms with E-state index in [9.17, 15) is 19.8 Å². The van der Waals surface area contributed by atoms with E-state index in [0.29, 0.717) is 65.7 Å². The van der Waals surface area contributed by atoms with E-state index in [1.54, 1.807) is 35.7 Å². The summed E-state index contributed by atoms with van der Waals surface area (Å²) in [7, 11) is 0. The Hall–Kier alpha value is -6.84. The summed E-state index contributed by atoms with van der Waals surface area (Å²) in [6.07, 6.45) is 11.2. The number of aromatic nitrogens is 5. The Bertz CT molecular complexity index is 3600. The zero-order chi connectivity index (χ0) is 59.4. The highest BCUT2D eigenvalue weighted by Gasteiger charge is 2.49. The van der Waals surface area contributed by atoms with Crippen molar-refractivity contribution >= 4 is 50.6 Å². The van der Waals surface area contributed by atoms with Gasteiger partial charge in [-0.15, -0.1) is 11.3 Å². The van der Waals surface area contributed by atoms with E-state index >= 15 is 4.39 Å². The van der Waals surface area contributed by atoms with Gasteiger partial charge in [0.05, 0.1) is 46.8 Å². The number of β-amino-alcohol motifs (C(OH)–C–C–N with tert-alkyl or cyclic N) is 1. The van der Waals surface area contributed by atoms with Crippen LogP contribution >= 0.6 is 11.3 Å². The number of phenolic OH excluding ortho intramolecular Hbond substituents is 1. The largest absolute Gasteiger partial charge is 0.508 e. The first-order valence-electron chi connectivity index (χ1n) is 31.3. The minimum absolute atomic E-state index is 0.0445. The Morgan fingerprint density at radius 3 is 2.51 bits per heavy atom. The number of amides is 2. The van der Waals surface area contributed by atoms with Crippen molar-refractivity contribution in [1.29, 1.82) is 0 Å². The summed E-state index contributed by atoms with van der Waals surface area (Å²) in [5.41, 5.74) is 6.58. The van der Waals surface area contributed by atoms with Gasteiger partial charge in [-0.1, -0.05) is 63.2 Å². The van der Waals surface area contributed by atoms with Crippen LogP contribution in [-0.4, -0.2) is 157 Å². The molecule has 6 aliphatic heterocycles. The molecule has 8 atom stereocenters. The van der Waals surface area contributed by atoms with Crippen LogP contribution in [0.1, 0.15) is 126 Å². The van der Waals surface area contributed by atoms with Gasteiger partial charge in [0, 0.05) is 80.5 Å². The summed E-state index contributed by atoms with van der Waals surface area (Å²) in [6.45, 7) is 16.1. The lowest BCUT2D eigenvalue weighted by Crippen LogP contribution is -2.54. The standard InChI is InChI=1S/C66H80FN11O7S/c1-6-42-9-7-10-45-27-49(79)28-51(57(42)45)59-58(67)60-52(31-68-59)62(76-32-46-16-17-47(33-76)71-46)73-65(72-60)83-26-22-66(21-18-48-11-8-23-78(48)66)36-75-24-19-41(20-25-75)35-84-55-30-54(85-74-55)56(38(2)3)64(82)77-34-50(80)29-53(77)63(81)70-39(4)43-12-14-44(15-13-43)61-40(5)69-37-86-61/h7,9-10,12-15,27-28,30-31,37-39,41,46-48,50,53,56,71,79-80H,6,8,11,16-26,29,32-36H2,1-5H3,(H,70,81)/t39-,46?,47?,48?,50+,53-,56-,66-/m0/s1. The van der Waals surface area contributed by atoms with Gasteiger partial charge in [0.15, 0.2) is 11.6 Å². The third-order valence-electron chi connectivity index (χ3n) is 19.7. The molecule has 6 aliphatic rings. The maximum atomic E-state index is 17.4. The number of thiazole rings is 1. The fraction of sp³-hybridized carbons (Fsp3) is 0.530. The van der Waals surface area contributed by atoms with Crippen molar-refractivity contribution in [2.45, 2.75) is 153 Å². The Morgan fingerprint density at radius 1 is 0.953 bits per heavy atom. The van der Waals surface area contributed by atoms with Gasteiger partial charge in [0.2, 0.25) is 11.8 Å². The van der Waals surface area contributed by atoms with Crippen molar-refractivity contribution in [2.75, 3.05) is 63.9 Å². The fourth-order valence-electron chi connectivity index (χ4n) is 15.2. The summed E-state index contributed by atoms with van der Waals surface area (Å²) >= 11 is 1.59. The van der Waals surface area contributed by atoms with Gasteiger partial charge in [0.25, 0.3) is 5.88 Å². The van der Waals surface area contributed by atoms with Crippen molar-refractivity contribution in [3.8, 4) is 39.3 Å². The molecule has 7 aromatic rings. The van der Waals surface area contributed by atoms with Gasteiger partial charge in [-0.25, -0.2) is 9.37 Å². The van der Waals surface area contributed by atoms with Gasteiger partial charge in [-0.05, 0) is 148 Å². The molecule has 6 fully saturated rings. The maximum Gasteiger partial charge on any atom is 0.319 e. The number of rotatable bonds is 19. The van der Waals surface area contributed by atoms with Crippen LogP contribution in [0.25, 0.3) is 43.4 Å². The van der Waals surface area contributed by atoms with Gasteiger partial charge in [0.1, 0.15) is 34.7 Å². The average Bonchev–Trinajstić information content (AvgIpc) is 2.00. The fourth-order valence-corrected chi connectivity index (χ4v) is 16.0. The second kappa shape index (κ2) is 24.4. The zero-order valence-electron chi connectivity index (χ0n) is 50.0. The molecule has 18 nitrogen and oxygen atoms in total. The number of aryl methyl sites for hydroxylation is 2. The van der Waals surface area contributed by atoms with Crippen molar-refractivity contribution in [3.63, 3.8) is 0 Å². The van der Waals surface area contributed by atoms with Crippen LogP contribution in [-0.2, 0) is 16.0 Å². The number of ether oxygens (including phenoxy) is 2. The van der Waals surface area contributed by atoms with Crippen molar-refractivity contribution in [3.05, 3.63) is 101 Å². The predicted molar refractivity (Wildman–Crippen MR) is 329 cm³/mol. The molecule has 4 aromatic heterocycles. The van der Waals surface area contributed by atoms with Crippen LogP contribution in [0.4, 0.5) is 10.2 Å². The van der Waals surface area contributed by atoms with E-state index in [2.05, 4.69) is 42.4 Å². The number of aliphatic hydroxyl groups excluding tert-OH is 1. The lowest BCUT2D eigenvalue weighted by molar-refractivity contribution is -0.141. The number of carbonyl (C=O) groups is 2. The number of hydrogen-bond donors (Lipinski definition) is 4. The van der Waals surface area contributed by atoms with E-state index in [1.165, 1.54) is 17.7 Å². The van der Waals surface area contributed by atoms with E-state index < -0.39 is 23.9 Å². The number of likely N-dealkylation sites (tertiary alicyclic amines) is 2. The average molecular weight is 1190 g/mol. The first-order valence-corrected chi connectivity index (χ1v) is 32.2. The summed E-state index contributed by atoms with van der Waals surface area (Å²) < 4.78 is 36.3. The number of hydrogen-bond acceptors (Lipinski definition) is 17. The molecule has 10 heterocycles. The maximum absolute atomic E-state index is 17.4. The van der Waals surface area contributed by atoms with Crippen LogP contribution in [0.3, 0.4) is 0 Å². The lowest BCUT2D eigenvalue weighted by atomic mass is 9.89. The number of aliphatic hydroxyl groups is 1. The second-order valence-corrected chi connectivity index (χ2v) is 26.5. The Morgan fingerprint density at radius 2 is 1.76 bits per heavy atom. The molecule has 3 unspecified atom stereocenters. The Kier molecular flexibility index (Phi) is 16.5. The number of piperidine rings is 1. The molecule has 6 saturated heterocycles. The number of benzene rings is 3. The SMILES string of the molecule is CCc1cccc2cc(O)cc(-c3ncc4c(N5CC6CCC(C5)N6)nc(OCC[C@]5(CN6CCC(COc7cc([C@@H](C(=O)N8C[C@H](O)C[C@H]8C(=O)N[C@@H](C)c8ccc(-c9scnc9C)cc8)C(C)C)on7)CC6)CCC6CCCN65)nc4c3F)c12. The number of pyridine rings is 1. The molecule has 0 saturated carbocycles. The van der Waals surface area contributed by atoms with Gasteiger partial charge in [-0.3, -0.25) is 19.5 Å². The highest BCUT2D eigenvalue weighted by Crippen LogP contribution is 2.45. The summed E-state index contributed by atoms with van der Waals surface area (Å²) in [4.78, 5) is 57.7. The van der Waals surface area contributed by atoms with Crippen LogP contribution in [0.15, 0.2) is 76.9 Å². The third kappa shape index (κ3) is 11.5. The molecule has 86 heavy (non-hydrogen) atoms. The van der Waals surface area contributed by atoms with Crippen molar-refractivity contribution in [1.82, 2.24) is 50.4 Å². The Balaban J connectivity index is 0.650. The molecule has 13 rings (SSSR count). The summed E-state index contributed by atoms with van der Waals surface area (Å²) in [5.74, 6) is -0.428. The molecule has 0 radical (unpaired) electrons. The molecule has 2 amide bonds. The summed E-state index contributed by atoms with van der Waals surface area (Å²) in [6, 6.07) is 19.2. The molecule has 20 heteroatoms. The topological polar surface area (TPSA) is 208 Å². The monoisotopic (exact) mass is 1190 g/mol. The Labute approximate surface area is 505 Å². The minimum atomic E-state index is -0.843. The van der Waals surface area contributed by atoms with Crippen LogP contribution in [0.5, 0.6) is 17.6 Å². The van der Waals surface area contributed by atoms with Crippen LogP contribution in [0, 0.1) is 24.6 Å². The van der Waals surface area contributed by atoms with E-state index in [4.69, 9.17) is 28.9 Å². The molecular formula is C66H80FN11O7S. The van der Waals surface area contributed by atoms with E-state index in [1.807, 2.05) is 75.7 Å². The first-order chi connectivity index (χ1) is 41.7. The molecule has 3 aromatic carbocycles. The van der Waals surface area contributed by atoms with E-state index in [0.717, 1.165) is 129 Å². The van der Waals surface area contributed by atoms with Crippen molar-refractivity contribution < 1.29 is 38.2 Å². The number of piperazine rings is 1. The highest BCUT2D eigenvalue weighted by atomic mass is 32.1. The highest BCUT2D eigenvalue weighted by molar-refractivity contribution is 7.13. The minimum Gasteiger partial charge on any atom is -0.508 e. The molecule has 0 spiro atoms. The molecule has 4 N–H and O–H groups in total. The normalized spacial score (nSPS) is 24.3. The molecule has 0 aliphatic carbocycles. The van der Waals surface area contributed by atoms with Crippen molar-refractivity contribution in [2.24, 2.45) is 11.8 Å². The van der Waals surface area contributed by atoms with Gasteiger partial charge < -0.3 is 49.5 Å². The smallest absolute Gasteiger partial charge is 0.319 e. The zero-order valence-corrected chi connectivity index (χ0v) is 50.8. The number of phenols is 1. The predicted octanol–water partition coefficient (Wildman–Crippen LogP) is 9.75. The number of halogens is 1. The summed E-state index contributed by atoms with van der Waals surface area (Å²) in [5, 5.41) is 35.1. The van der Waals surface area contributed by atoms with E-state index in [-0.39, 0.29) is 65.2 Å². The molecule has 454 valence electrons. The molecular weight excluding hydrogens is 1110 g/mol. The van der Waals surface area contributed by atoms with Crippen LogP contribution < -0.4 is 25.0 Å². The third-order valence-corrected chi connectivity index (χ3v) is 20.6. The number of fused-ring (bicyclic) bond motifs is 5. The lowest BCUT2D eigenvalue weighted by Gasteiger charge is -2.44. The first kappa shape index (κ1) is 58.2. The number of aromatic hydroxyl groups is 1. The molecule has 2 bridgehead atoms. The number of nitrogens with zero attached hydrogens (tertiary/aromatic N) is 9. The van der Waals surface area contributed by atoms with Gasteiger partial charge >= 0.3 is 6.01 Å². The number of carbonyl (C=O) groups excluding carboxylic acids is 2. The van der Waals surface area contributed by atoms with Crippen LogP contribution in [0.2, 0.25) is 0 Å². The quantitative estimate of drug-likeness (QED) is 0.0594. The number of anilines is 1. The second-order valence-electron chi connectivity index (χ2n) is 25.6.